The van der Waals surface area contributed by atoms with Gasteiger partial charge in [-0.05, 0) is 36.4 Å². The van der Waals surface area contributed by atoms with Crippen LogP contribution in [0.4, 0.5) is 5.69 Å². The standard InChI is InChI=1S/C10H12BrNO2S.C6H4Br2.C4H9NO2S/c11-9-2-1-3-10(8-9)12-4-6-15(13,14)7-5-12;7-5-2-1-3-6(8)4-5;6-8(7)3-1-5-2-4-8/h1-3,8H,4-7H2;1-4H;5H,1-4H2. The van der Waals surface area contributed by atoms with Gasteiger partial charge in [0.2, 0.25) is 0 Å². The van der Waals surface area contributed by atoms with Gasteiger partial charge in [-0.25, -0.2) is 16.8 Å². The number of benzene rings is 2. The van der Waals surface area contributed by atoms with Gasteiger partial charge >= 0.3 is 0 Å². The van der Waals surface area contributed by atoms with E-state index in [0.717, 1.165) is 19.1 Å². The Bertz CT molecular complexity index is 1020. The van der Waals surface area contributed by atoms with Gasteiger partial charge in [0.05, 0.1) is 23.0 Å². The Morgan fingerprint density at radius 2 is 1.13 bits per heavy atom. The average molecular weight is 661 g/mol. The van der Waals surface area contributed by atoms with E-state index in [4.69, 9.17) is 0 Å². The summed E-state index contributed by atoms with van der Waals surface area (Å²) in [5.41, 5.74) is 1.08. The normalized spacial score (nSPS) is 19.3. The molecule has 0 aromatic heterocycles. The number of nitrogens with zero attached hydrogens (tertiary/aromatic N) is 1. The van der Waals surface area contributed by atoms with E-state index in [0.29, 0.717) is 37.7 Å². The molecule has 0 spiro atoms. The molecule has 6 nitrogen and oxygen atoms in total. The second kappa shape index (κ2) is 12.7. The van der Waals surface area contributed by atoms with Crippen LogP contribution in [0.25, 0.3) is 0 Å². The first-order valence-electron chi connectivity index (χ1n) is 9.59. The van der Waals surface area contributed by atoms with E-state index in [1.165, 1.54) is 0 Å². The zero-order valence-electron chi connectivity index (χ0n) is 16.8. The van der Waals surface area contributed by atoms with E-state index in [-0.39, 0.29) is 11.5 Å². The van der Waals surface area contributed by atoms with Crippen molar-refractivity contribution in [2.24, 2.45) is 0 Å². The first-order chi connectivity index (χ1) is 14.6. The van der Waals surface area contributed by atoms with E-state index in [1.54, 1.807) is 0 Å². The van der Waals surface area contributed by atoms with E-state index in [2.05, 4.69) is 58.0 Å². The zero-order valence-corrected chi connectivity index (χ0v) is 23.2. The van der Waals surface area contributed by atoms with E-state index >= 15 is 0 Å². The van der Waals surface area contributed by atoms with Crippen molar-refractivity contribution in [2.75, 3.05) is 54.1 Å². The number of halogens is 3. The van der Waals surface area contributed by atoms with Gasteiger partial charge in [0.1, 0.15) is 0 Å². The number of hydrogen-bond donors (Lipinski definition) is 1. The molecule has 4 rings (SSSR count). The number of rotatable bonds is 1. The van der Waals surface area contributed by atoms with Crippen LogP contribution in [0.1, 0.15) is 0 Å². The summed E-state index contributed by atoms with van der Waals surface area (Å²) in [5.74, 6) is 1.15. The van der Waals surface area contributed by atoms with Crippen molar-refractivity contribution in [1.29, 1.82) is 0 Å². The molecule has 2 aliphatic heterocycles. The summed E-state index contributed by atoms with van der Waals surface area (Å²) in [4.78, 5) is 2.10. The van der Waals surface area contributed by atoms with Gasteiger partial charge in [-0.3, -0.25) is 0 Å². The van der Waals surface area contributed by atoms with Crippen LogP contribution < -0.4 is 10.2 Å². The molecule has 2 aromatic carbocycles. The summed E-state index contributed by atoms with van der Waals surface area (Å²) in [6.45, 7) is 2.45. The lowest BCUT2D eigenvalue weighted by Gasteiger charge is -2.28. The van der Waals surface area contributed by atoms with Crippen LogP contribution in [0.15, 0.2) is 61.9 Å². The Balaban J connectivity index is 0.000000181. The third kappa shape index (κ3) is 10.8. The molecular formula is C20H25Br3N2O4S2. The molecule has 31 heavy (non-hydrogen) atoms. The molecule has 2 saturated heterocycles. The topological polar surface area (TPSA) is 83.6 Å². The quantitative estimate of drug-likeness (QED) is 0.500. The lowest BCUT2D eigenvalue weighted by Crippen LogP contribution is -2.40. The van der Waals surface area contributed by atoms with Crippen LogP contribution in [0.3, 0.4) is 0 Å². The lowest BCUT2D eigenvalue weighted by molar-refractivity contribution is 0.577. The third-order valence-electron chi connectivity index (χ3n) is 4.48. The number of nitrogens with one attached hydrogen (secondary N) is 1. The van der Waals surface area contributed by atoms with Crippen molar-refractivity contribution in [2.45, 2.75) is 0 Å². The van der Waals surface area contributed by atoms with Crippen LogP contribution in [-0.4, -0.2) is 66.0 Å². The minimum Gasteiger partial charge on any atom is -0.369 e. The fraction of sp³-hybridized carbons (Fsp3) is 0.400. The summed E-state index contributed by atoms with van der Waals surface area (Å²) < 4.78 is 47.0. The predicted octanol–water partition coefficient (Wildman–Crippen LogP) is 3.90. The largest absolute Gasteiger partial charge is 0.369 e. The van der Waals surface area contributed by atoms with E-state index in [1.807, 2.05) is 48.5 Å². The van der Waals surface area contributed by atoms with Gasteiger partial charge in [0.15, 0.2) is 19.7 Å². The number of sulfone groups is 2. The molecule has 11 heteroatoms. The Morgan fingerprint density at radius 1 is 0.677 bits per heavy atom. The smallest absolute Gasteiger partial charge is 0.153 e. The fourth-order valence-corrected chi connectivity index (χ4v) is 6.59. The van der Waals surface area contributed by atoms with Crippen molar-refractivity contribution >= 4 is 73.2 Å². The van der Waals surface area contributed by atoms with Crippen LogP contribution in [0.2, 0.25) is 0 Å². The predicted molar refractivity (Wildman–Crippen MR) is 138 cm³/mol. The Morgan fingerprint density at radius 3 is 1.52 bits per heavy atom. The lowest BCUT2D eigenvalue weighted by atomic mass is 10.3. The average Bonchev–Trinajstić information content (AvgIpc) is 2.68. The molecule has 1 N–H and O–H groups in total. The Hall–Kier alpha value is -0.460. The van der Waals surface area contributed by atoms with Gasteiger partial charge in [-0.1, -0.05) is 59.9 Å². The molecule has 2 heterocycles. The van der Waals surface area contributed by atoms with Gasteiger partial charge in [0, 0.05) is 45.3 Å². The SMILES string of the molecule is Brc1cccc(Br)c1.O=S1(=O)CCN(c2cccc(Br)c2)CC1.O=S1(=O)CCNCC1. The van der Waals surface area contributed by atoms with Gasteiger partial charge in [0.25, 0.3) is 0 Å². The van der Waals surface area contributed by atoms with Crippen molar-refractivity contribution in [3.63, 3.8) is 0 Å². The van der Waals surface area contributed by atoms with Crippen molar-refractivity contribution < 1.29 is 16.8 Å². The van der Waals surface area contributed by atoms with E-state index < -0.39 is 19.7 Å². The molecule has 0 unspecified atom stereocenters. The molecule has 2 aliphatic rings. The fourth-order valence-electron chi connectivity index (χ4n) is 2.79. The minimum absolute atomic E-state index is 0.263. The van der Waals surface area contributed by atoms with Gasteiger partial charge in [-0.15, -0.1) is 0 Å². The van der Waals surface area contributed by atoms with Crippen LogP contribution in [0, 0.1) is 0 Å². The van der Waals surface area contributed by atoms with Crippen LogP contribution in [0.5, 0.6) is 0 Å². The summed E-state index contributed by atoms with van der Waals surface area (Å²) in [7, 11) is -5.43. The van der Waals surface area contributed by atoms with Crippen LogP contribution in [-0.2, 0) is 19.7 Å². The highest BCUT2D eigenvalue weighted by Gasteiger charge is 2.21. The summed E-state index contributed by atoms with van der Waals surface area (Å²) >= 11 is 10.1. The number of hydrogen-bond acceptors (Lipinski definition) is 6. The second-order valence-electron chi connectivity index (χ2n) is 6.96. The first-order valence-corrected chi connectivity index (χ1v) is 15.6. The molecule has 0 radical (unpaired) electrons. The molecule has 2 fully saturated rings. The summed E-state index contributed by atoms with van der Waals surface area (Å²) in [6.07, 6.45) is 0. The van der Waals surface area contributed by atoms with Crippen molar-refractivity contribution in [3.05, 3.63) is 61.9 Å². The molecule has 0 atom stereocenters. The van der Waals surface area contributed by atoms with Crippen LogP contribution >= 0.6 is 47.8 Å². The molecule has 172 valence electrons. The van der Waals surface area contributed by atoms with Crippen molar-refractivity contribution in [3.8, 4) is 0 Å². The molecule has 0 amide bonds. The van der Waals surface area contributed by atoms with Gasteiger partial charge in [-0.2, -0.15) is 0 Å². The van der Waals surface area contributed by atoms with E-state index in [9.17, 15) is 16.8 Å². The highest BCUT2D eigenvalue weighted by molar-refractivity contribution is 9.11. The first kappa shape index (κ1) is 26.8. The molecular weight excluding hydrogens is 636 g/mol. The zero-order chi connectivity index (χ0) is 22.9. The second-order valence-corrected chi connectivity index (χ2v) is 14.3. The molecule has 0 bridgehead atoms. The summed E-state index contributed by atoms with van der Waals surface area (Å²) in [6, 6.07) is 15.9. The Kier molecular flexibility index (Phi) is 11.0. The molecule has 0 aliphatic carbocycles. The molecule has 2 aromatic rings. The highest BCUT2D eigenvalue weighted by Crippen LogP contribution is 2.21. The third-order valence-corrected chi connectivity index (χ3v) is 9.23. The maximum absolute atomic E-state index is 11.3. The van der Waals surface area contributed by atoms with Gasteiger partial charge < -0.3 is 10.2 Å². The summed E-state index contributed by atoms with van der Waals surface area (Å²) in [5, 5.41) is 2.96. The highest BCUT2D eigenvalue weighted by atomic mass is 79.9. The maximum Gasteiger partial charge on any atom is 0.153 e. The Labute approximate surface area is 210 Å². The minimum atomic E-state index is -2.79. The van der Waals surface area contributed by atoms with Crippen molar-refractivity contribution in [1.82, 2.24) is 5.32 Å². The monoisotopic (exact) mass is 658 g/mol. The maximum atomic E-state index is 11.3. The number of anilines is 1. The molecule has 0 saturated carbocycles.